The van der Waals surface area contributed by atoms with Gasteiger partial charge in [0.2, 0.25) is 0 Å². The molecule has 0 fully saturated rings. The predicted octanol–water partition coefficient (Wildman–Crippen LogP) is 1.32. The summed E-state index contributed by atoms with van der Waals surface area (Å²) >= 11 is 0. The number of hydrogen-bond acceptors (Lipinski definition) is 6. The maximum absolute atomic E-state index is 10.1. The summed E-state index contributed by atoms with van der Waals surface area (Å²) in [4.78, 5) is 0. The van der Waals surface area contributed by atoms with Crippen molar-refractivity contribution in [2.45, 2.75) is 0 Å². The fourth-order valence-corrected chi connectivity index (χ4v) is 1.03. The molecule has 0 unspecified atom stereocenters. The van der Waals surface area contributed by atoms with Crippen LogP contribution in [0.4, 0.5) is 0 Å². The molecule has 0 aromatic heterocycles. The Hall–Kier alpha value is -1.68. The summed E-state index contributed by atoms with van der Waals surface area (Å²) in [6, 6.07) is 0. The van der Waals surface area contributed by atoms with Crippen LogP contribution in [0.5, 0.6) is 0 Å². The Bertz CT molecular complexity index is 332. The quantitative estimate of drug-likeness (QED) is 0.304. The summed E-state index contributed by atoms with van der Waals surface area (Å²) in [5, 5.41) is 22.7. The van der Waals surface area contributed by atoms with Crippen LogP contribution in [0.15, 0.2) is 34.3 Å². The van der Waals surface area contributed by atoms with Crippen molar-refractivity contribution in [1.29, 1.82) is 0 Å². The second-order valence-corrected chi connectivity index (χ2v) is 2.32. The molecule has 0 heterocycles. The van der Waals surface area contributed by atoms with Gasteiger partial charge in [-0.05, 0) is 12.2 Å². The van der Waals surface area contributed by atoms with Gasteiger partial charge in [-0.1, -0.05) is 16.4 Å². The van der Waals surface area contributed by atoms with E-state index in [0.717, 1.165) is 0 Å². The first kappa shape index (κ1) is 9.41. The van der Waals surface area contributed by atoms with E-state index in [4.69, 9.17) is 10.4 Å². The van der Waals surface area contributed by atoms with Crippen LogP contribution in [0, 0.1) is 0 Å². The molecule has 0 aliphatic heterocycles. The van der Waals surface area contributed by atoms with Crippen LogP contribution in [0.1, 0.15) is 0 Å². The minimum absolute atomic E-state index is 0.0312. The third kappa shape index (κ3) is 1.91. The highest BCUT2D eigenvalue weighted by Crippen LogP contribution is 2.14. The number of hydrogen-bond donors (Lipinski definition) is 2. The smallest absolute Gasteiger partial charge is 0.395 e. The molecule has 13 heavy (non-hydrogen) atoms. The Labute approximate surface area is 74.8 Å². The molecule has 0 aromatic rings. The van der Waals surface area contributed by atoms with Crippen molar-refractivity contribution in [3.8, 4) is 0 Å². The van der Waals surface area contributed by atoms with Gasteiger partial charge in [-0.15, -0.1) is 0 Å². The monoisotopic (exact) mass is 200 g/mol. The van der Waals surface area contributed by atoms with Gasteiger partial charge in [0.1, 0.15) is 5.71 Å². The van der Waals surface area contributed by atoms with Crippen molar-refractivity contribution in [3.63, 3.8) is 0 Å². The predicted molar refractivity (Wildman–Crippen MR) is 44.4 cm³/mol. The largest absolute Gasteiger partial charge is 0.410 e. The van der Waals surface area contributed by atoms with E-state index in [1.807, 2.05) is 0 Å². The molecule has 2 N–H and O–H groups in total. The molecule has 6 nitrogen and oxygen atoms in total. The third-order valence-electron chi connectivity index (χ3n) is 1.32. The minimum atomic E-state index is -0.576. The van der Waals surface area contributed by atoms with Gasteiger partial charge in [0.25, 0.3) is 0 Å². The molecular weight excluding hydrogens is 195 g/mol. The second-order valence-electron chi connectivity index (χ2n) is 1.99. The molecule has 1 aliphatic rings. The fourth-order valence-electron chi connectivity index (χ4n) is 0.806. The Balaban J connectivity index is 3.02. The molecule has 1 rings (SSSR count). The Morgan fingerprint density at radius 1 is 1.38 bits per heavy atom. The SMILES string of the molecule is O=POC1=CC=CC(=N\O)/C1=N/O. The average Bonchev–Trinajstić information content (AvgIpc) is 2.18. The third-order valence-corrected chi connectivity index (χ3v) is 1.59. The van der Waals surface area contributed by atoms with Crippen molar-refractivity contribution in [2.24, 2.45) is 10.3 Å². The summed E-state index contributed by atoms with van der Waals surface area (Å²) < 4.78 is 14.7. The molecule has 0 saturated heterocycles. The second kappa shape index (κ2) is 4.37. The highest BCUT2D eigenvalue weighted by atomic mass is 31.1. The molecule has 0 atom stereocenters. The summed E-state index contributed by atoms with van der Waals surface area (Å²) in [5.41, 5.74) is -0.0444. The van der Waals surface area contributed by atoms with Crippen molar-refractivity contribution in [3.05, 3.63) is 24.0 Å². The highest BCUT2D eigenvalue weighted by Gasteiger charge is 2.18. The van der Waals surface area contributed by atoms with Crippen LogP contribution in [0.3, 0.4) is 0 Å². The van der Waals surface area contributed by atoms with Gasteiger partial charge in [0.05, 0.1) is 0 Å². The van der Waals surface area contributed by atoms with Crippen molar-refractivity contribution in [1.82, 2.24) is 0 Å². The van der Waals surface area contributed by atoms with Gasteiger partial charge >= 0.3 is 8.69 Å². The molecular formula is C6H5N2O4P. The lowest BCUT2D eigenvalue weighted by atomic mass is 10.1. The molecule has 0 saturated carbocycles. The van der Waals surface area contributed by atoms with E-state index in [9.17, 15) is 4.57 Å². The zero-order chi connectivity index (χ0) is 9.68. The maximum Gasteiger partial charge on any atom is 0.395 e. The van der Waals surface area contributed by atoms with Crippen molar-refractivity contribution in [2.75, 3.05) is 0 Å². The van der Waals surface area contributed by atoms with E-state index in [1.54, 1.807) is 0 Å². The van der Waals surface area contributed by atoms with Gasteiger partial charge in [0.15, 0.2) is 11.5 Å². The summed E-state index contributed by atoms with van der Waals surface area (Å²) in [7, 11) is -0.576. The zero-order valence-corrected chi connectivity index (χ0v) is 7.18. The Morgan fingerprint density at radius 2 is 2.15 bits per heavy atom. The summed E-state index contributed by atoms with van der Waals surface area (Å²) in [5.74, 6) is 0.0643. The average molecular weight is 200 g/mol. The van der Waals surface area contributed by atoms with Crippen molar-refractivity contribution >= 4 is 20.1 Å². The topological polar surface area (TPSA) is 91.5 Å². The van der Waals surface area contributed by atoms with Gasteiger partial charge in [0, 0.05) is 0 Å². The lowest BCUT2D eigenvalue weighted by Gasteiger charge is -2.07. The Morgan fingerprint density at radius 3 is 2.69 bits per heavy atom. The van der Waals surface area contributed by atoms with E-state index in [2.05, 4.69) is 14.8 Å². The van der Waals surface area contributed by atoms with E-state index in [-0.39, 0.29) is 17.2 Å². The van der Waals surface area contributed by atoms with Crippen LogP contribution in [-0.2, 0) is 9.09 Å². The first-order valence-corrected chi connectivity index (χ1v) is 3.89. The van der Waals surface area contributed by atoms with Crippen LogP contribution in [0.25, 0.3) is 0 Å². The van der Waals surface area contributed by atoms with Gasteiger partial charge in [-0.2, -0.15) is 0 Å². The molecule has 1 aliphatic carbocycles. The first-order valence-electron chi connectivity index (χ1n) is 3.16. The van der Waals surface area contributed by atoms with E-state index >= 15 is 0 Å². The zero-order valence-electron chi connectivity index (χ0n) is 6.28. The maximum atomic E-state index is 10.1. The normalized spacial score (nSPS) is 22.3. The Kier molecular flexibility index (Phi) is 3.16. The molecule has 0 bridgehead atoms. The minimum Gasteiger partial charge on any atom is -0.410 e. The molecule has 0 spiro atoms. The van der Waals surface area contributed by atoms with Crippen LogP contribution >= 0.6 is 8.69 Å². The van der Waals surface area contributed by atoms with E-state index in [1.165, 1.54) is 18.2 Å². The lowest BCUT2D eigenvalue weighted by molar-refractivity contribution is 0.312. The van der Waals surface area contributed by atoms with Crippen LogP contribution in [-0.4, -0.2) is 21.8 Å². The number of oxime groups is 2. The van der Waals surface area contributed by atoms with E-state index in [0.29, 0.717) is 0 Å². The van der Waals surface area contributed by atoms with Gasteiger partial charge in [-0.25, -0.2) is 4.57 Å². The molecule has 68 valence electrons. The molecule has 0 radical (unpaired) electrons. The molecule has 7 heteroatoms. The molecule has 0 amide bonds. The van der Waals surface area contributed by atoms with Crippen LogP contribution in [0.2, 0.25) is 0 Å². The molecule has 0 aromatic carbocycles. The van der Waals surface area contributed by atoms with Crippen molar-refractivity contribution < 1.29 is 19.5 Å². The van der Waals surface area contributed by atoms with Crippen LogP contribution < -0.4 is 0 Å². The number of rotatable bonds is 2. The van der Waals surface area contributed by atoms with Gasteiger partial charge < -0.3 is 14.9 Å². The summed E-state index contributed by atoms with van der Waals surface area (Å²) in [6.45, 7) is 0. The fraction of sp³-hybridized carbons (Fsp3) is 0. The van der Waals surface area contributed by atoms with E-state index < -0.39 is 8.69 Å². The number of nitrogens with zero attached hydrogens (tertiary/aromatic N) is 2. The summed E-state index contributed by atoms with van der Waals surface area (Å²) in [6.07, 6.45) is 4.34. The standard InChI is InChI=1S/C6H5N2O4P/c9-7-4-2-1-3-5(12-13-11)6(4)8-10/h1-3,9-10H/b7-4+,8-6-. The lowest BCUT2D eigenvalue weighted by Crippen LogP contribution is -2.17. The van der Waals surface area contributed by atoms with Gasteiger partial charge in [-0.3, -0.25) is 0 Å². The highest BCUT2D eigenvalue weighted by molar-refractivity contribution is 7.17. The number of allylic oxidation sites excluding steroid dienone is 4. The first-order chi connectivity index (χ1) is 6.33.